The molecule has 3 aromatic rings. The third kappa shape index (κ3) is 6.36. The van der Waals surface area contributed by atoms with E-state index in [1.165, 1.54) is 18.1 Å². The zero-order chi connectivity index (χ0) is 28.4. The molecule has 3 aromatic carbocycles. The molecule has 1 heterocycles. The molecule has 0 unspecified atom stereocenters. The summed E-state index contributed by atoms with van der Waals surface area (Å²) in [5.74, 6) is 0.247. The number of benzene rings is 3. The monoisotopic (exact) mass is 538 g/mol. The number of urea groups is 1. The Morgan fingerprint density at radius 2 is 1.73 bits per heavy atom. The standard InChI is InChI=1S/C33H38N4O3/c1-21(38)35-25-12-8-11-23(17-25)26-14-13-24(19-34-31(39)29-18-28(29)22-9-6-5-7-10-22)30-20-37(16-15-27(26)30)32(40)36-33(2,3)4/h5-14,17,28-29H,15-16,18-20H2,1-4H3,(H,34,39)(H,35,38)(H,36,40)/t28-,29+/m1/s1. The number of carbonyl (C=O) groups is 3. The topological polar surface area (TPSA) is 90.5 Å². The van der Waals surface area contributed by atoms with E-state index in [0.29, 0.717) is 26.1 Å². The zero-order valence-electron chi connectivity index (χ0n) is 23.7. The summed E-state index contributed by atoms with van der Waals surface area (Å²) in [5, 5.41) is 9.13. The fourth-order valence-corrected chi connectivity index (χ4v) is 5.58. The van der Waals surface area contributed by atoms with E-state index < -0.39 is 0 Å². The molecular formula is C33H38N4O3. The Bertz CT molecular complexity index is 1430. The Morgan fingerprint density at radius 3 is 2.45 bits per heavy atom. The molecule has 1 aliphatic carbocycles. The van der Waals surface area contributed by atoms with Gasteiger partial charge in [-0.15, -0.1) is 0 Å². The van der Waals surface area contributed by atoms with Gasteiger partial charge in [0.1, 0.15) is 0 Å². The zero-order valence-corrected chi connectivity index (χ0v) is 23.7. The molecule has 0 spiro atoms. The number of anilines is 1. The normalized spacial score (nSPS) is 17.9. The third-order valence-electron chi connectivity index (χ3n) is 7.58. The third-order valence-corrected chi connectivity index (χ3v) is 7.58. The second kappa shape index (κ2) is 11.2. The lowest BCUT2D eigenvalue weighted by Gasteiger charge is -2.34. The van der Waals surface area contributed by atoms with Gasteiger partial charge in [0.15, 0.2) is 0 Å². The first-order valence-corrected chi connectivity index (χ1v) is 14.0. The highest BCUT2D eigenvalue weighted by Crippen LogP contribution is 2.47. The van der Waals surface area contributed by atoms with Gasteiger partial charge in [-0.1, -0.05) is 54.6 Å². The van der Waals surface area contributed by atoms with Gasteiger partial charge in [0, 0.05) is 43.7 Å². The van der Waals surface area contributed by atoms with Crippen LogP contribution in [0.1, 0.15) is 62.3 Å². The molecule has 3 N–H and O–H groups in total. The van der Waals surface area contributed by atoms with Crippen molar-refractivity contribution in [2.75, 3.05) is 11.9 Å². The minimum absolute atomic E-state index is 0.00285. The Balaban J connectivity index is 1.40. The van der Waals surface area contributed by atoms with Crippen LogP contribution in [0.2, 0.25) is 0 Å². The van der Waals surface area contributed by atoms with Crippen LogP contribution in [0.25, 0.3) is 11.1 Å². The molecule has 4 amide bonds. The van der Waals surface area contributed by atoms with E-state index in [1.807, 2.05) is 68.1 Å². The molecule has 208 valence electrons. The number of hydrogen-bond acceptors (Lipinski definition) is 3. The van der Waals surface area contributed by atoms with Crippen LogP contribution in [-0.4, -0.2) is 34.8 Å². The highest BCUT2D eigenvalue weighted by Gasteiger charge is 2.43. The predicted molar refractivity (Wildman–Crippen MR) is 158 cm³/mol. The lowest BCUT2D eigenvalue weighted by atomic mass is 9.87. The van der Waals surface area contributed by atoms with Crippen molar-refractivity contribution in [1.82, 2.24) is 15.5 Å². The summed E-state index contributed by atoms with van der Waals surface area (Å²) in [5.41, 5.74) is 7.00. The van der Waals surface area contributed by atoms with Gasteiger partial charge in [0.2, 0.25) is 11.8 Å². The van der Waals surface area contributed by atoms with Crippen LogP contribution in [0.3, 0.4) is 0 Å². The molecule has 40 heavy (non-hydrogen) atoms. The molecule has 2 aliphatic rings. The lowest BCUT2D eigenvalue weighted by molar-refractivity contribution is -0.122. The summed E-state index contributed by atoms with van der Waals surface area (Å²) in [4.78, 5) is 39.6. The van der Waals surface area contributed by atoms with Crippen LogP contribution in [0.4, 0.5) is 10.5 Å². The van der Waals surface area contributed by atoms with Gasteiger partial charge in [-0.05, 0) is 85.0 Å². The first-order chi connectivity index (χ1) is 19.1. The smallest absolute Gasteiger partial charge is 0.318 e. The summed E-state index contributed by atoms with van der Waals surface area (Å²) in [6.07, 6.45) is 1.57. The Morgan fingerprint density at radius 1 is 0.950 bits per heavy atom. The SMILES string of the molecule is CC(=O)Nc1cccc(-c2ccc(CNC(=O)[C@H]3C[C@@H]3c3ccccc3)c3c2CCN(C(=O)NC(C)(C)C)C3)c1. The maximum absolute atomic E-state index is 13.1. The van der Waals surface area contributed by atoms with Crippen LogP contribution in [0.5, 0.6) is 0 Å². The first kappa shape index (κ1) is 27.4. The molecule has 0 radical (unpaired) electrons. The van der Waals surface area contributed by atoms with E-state index >= 15 is 0 Å². The van der Waals surface area contributed by atoms with Crippen molar-refractivity contribution in [1.29, 1.82) is 0 Å². The maximum atomic E-state index is 13.1. The minimum Gasteiger partial charge on any atom is -0.352 e. The van der Waals surface area contributed by atoms with Crippen molar-refractivity contribution in [3.8, 4) is 11.1 Å². The van der Waals surface area contributed by atoms with E-state index in [0.717, 1.165) is 34.4 Å². The molecule has 0 aromatic heterocycles. The quantitative estimate of drug-likeness (QED) is 0.382. The average molecular weight is 539 g/mol. The molecule has 0 saturated heterocycles. The van der Waals surface area contributed by atoms with Crippen LogP contribution < -0.4 is 16.0 Å². The highest BCUT2D eigenvalue weighted by atomic mass is 16.2. The average Bonchev–Trinajstić information content (AvgIpc) is 3.72. The van der Waals surface area contributed by atoms with Crippen molar-refractivity contribution in [2.24, 2.45) is 5.92 Å². The van der Waals surface area contributed by atoms with Crippen molar-refractivity contribution >= 4 is 23.5 Å². The fraction of sp³-hybridized carbons (Fsp3) is 0.364. The number of nitrogens with one attached hydrogen (secondary N) is 3. The number of hydrogen-bond donors (Lipinski definition) is 3. The largest absolute Gasteiger partial charge is 0.352 e. The maximum Gasteiger partial charge on any atom is 0.318 e. The van der Waals surface area contributed by atoms with Gasteiger partial charge in [0.25, 0.3) is 0 Å². The summed E-state index contributed by atoms with van der Waals surface area (Å²) in [6.45, 7) is 8.92. The number of rotatable bonds is 6. The molecular weight excluding hydrogens is 500 g/mol. The Labute approximate surface area is 236 Å². The number of nitrogens with zero attached hydrogens (tertiary/aromatic N) is 1. The minimum atomic E-state index is -0.334. The number of amides is 4. The van der Waals surface area contributed by atoms with Gasteiger partial charge in [-0.3, -0.25) is 9.59 Å². The molecule has 1 fully saturated rings. The van der Waals surface area contributed by atoms with Crippen molar-refractivity contribution in [2.45, 2.75) is 65.1 Å². The number of fused-ring (bicyclic) bond motifs is 1. The van der Waals surface area contributed by atoms with Crippen molar-refractivity contribution in [3.05, 3.63) is 89.0 Å². The molecule has 1 aliphatic heterocycles. The van der Waals surface area contributed by atoms with Gasteiger partial charge in [-0.2, -0.15) is 0 Å². The molecule has 2 atom stereocenters. The highest BCUT2D eigenvalue weighted by molar-refractivity contribution is 5.90. The van der Waals surface area contributed by atoms with Crippen molar-refractivity contribution < 1.29 is 14.4 Å². The van der Waals surface area contributed by atoms with Crippen molar-refractivity contribution in [3.63, 3.8) is 0 Å². The number of carbonyl (C=O) groups excluding carboxylic acids is 3. The van der Waals surface area contributed by atoms with Gasteiger partial charge >= 0.3 is 6.03 Å². The predicted octanol–water partition coefficient (Wildman–Crippen LogP) is 5.60. The molecule has 5 rings (SSSR count). The summed E-state index contributed by atoms with van der Waals surface area (Å²) in [6, 6.07) is 22.1. The first-order valence-electron chi connectivity index (χ1n) is 14.0. The molecule has 7 heteroatoms. The summed E-state index contributed by atoms with van der Waals surface area (Å²) in [7, 11) is 0. The van der Waals surface area contributed by atoms with Gasteiger partial charge in [-0.25, -0.2) is 4.79 Å². The van der Waals surface area contributed by atoms with Crippen LogP contribution >= 0.6 is 0 Å². The van der Waals surface area contributed by atoms with Gasteiger partial charge in [0.05, 0.1) is 0 Å². The Kier molecular flexibility index (Phi) is 7.66. The van der Waals surface area contributed by atoms with Gasteiger partial charge < -0.3 is 20.9 Å². The van der Waals surface area contributed by atoms with Crippen LogP contribution in [-0.2, 0) is 29.1 Å². The van der Waals surface area contributed by atoms with E-state index in [1.54, 1.807) is 0 Å². The molecule has 7 nitrogen and oxygen atoms in total. The van der Waals surface area contributed by atoms with E-state index in [2.05, 4.69) is 40.2 Å². The molecule has 1 saturated carbocycles. The summed E-state index contributed by atoms with van der Waals surface area (Å²) >= 11 is 0. The second-order valence-electron chi connectivity index (χ2n) is 11.9. The van der Waals surface area contributed by atoms with E-state index in [9.17, 15) is 14.4 Å². The fourth-order valence-electron chi connectivity index (χ4n) is 5.58. The van der Waals surface area contributed by atoms with E-state index in [-0.39, 0.29) is 35.2 Å². The van der Waals surface area contributed by atoms with Crippen LogP contribution in [0.15, 0.2) is 66.7 Å². The van der Waals surface area contributed by atoms with Crippen LogP contribution in [0, 0.1) is 5.92 Å². The summed E-state index contributed by atoms with van der Waals surface area (Å²) < 4.78 is 0. The van der Waals surface area contributed by atoms with E-state index in [4.69, 9.17) is 0 Å². The molecule has 0 bridgehead atoms. The second-order valence-corrected chi connectivity index (χ2v) is 11.9. The Hall–Kier alpha value is -4.13. The lowest BCUT2D eigenvalue weighted by Crippen LogP contribution is -2.50.